The highest BCUT2D eigenvalue weighted by molar-refractivity contribution is 5.91. The number of methoxy groups -OCH3 is 1. The summed E-state index contributed by atoms with van der Waals surface area (Å²) in [6.07, 6.45) is 3.32. The van der Waals surface area contributed by atoms with Gasteiger partial charge in [0.05, 0.1) is 7.11 Å². The van der Waals surface area contributed by atoms with E-state index in [1.54, 1.807) is 25.4 Å². The number of ether oxygens (including phenoxy) is 1. The van der Waals surface area contributed by atoms with Crippen LogP contribution in [0.1, 0.15) is 18.4 Å². The molecule has 0 fully saturated rings. The molecule has 5 aromatic rings. The van der Waals surface area contributed by atoms with Gasteiger partial charge in [0.25, 0.3) is 0 Å². The van der Waals surface area contributed by atoms with Crippen LogP contribution in [0.25, 0.3) is 27.8 Å². The lowest BCUT2D eigenvalue weighted by Crippen LogP contribution is -2.27. The Morgan fingerprint density at radius 2 is 1.86 bits per heavy atom. The number of hydrogen-bond acceptors (Lipinski definition) is 4. The van der Waals surface area contributed by atoms with Gasteiger partial charge >= 0.3 is 5.69 Å². The largest absolute Gasteiger partial charge is 0.497 e. The third kappa shape index (κ3) is 4.68. The van der Waals surface area contributed by atoms with E-state index in [1.165, 1.54) is 9.08 Å². The van der Waals surface area contributed by atoms with Crippen molar-refractivity contribution >= 4 is 22.5 Å². The molecule has 0 aliphatic heterocycles. The first kappa shape index (κ1) is 22.5. The second-order valence-electron chi connectivity index (χ2n) is 8.39. The number of nitrogens with zero attached hydrogens (tertiary/aromatic N) is 3. The number of H-pyrrole nitrogens is 1. The van der Waals surface area contributed by atoms with Gasteiger partial charge in [0.15, 0.2) is 5.65 Å². The summed E-state index contributed by atoms with van der Waals surface area (Å²) in [6, 6.07) is 21.5. The predicted molar refractivity (Wildman–Crippen MR) is 136 cm³/mol. The number of nitrogens with one attached hydrogen (secondary N) is 2. The van der Waals surface area contributed by atoms with Crippen molar-refractivity contribution in [1.82, 2.24) is 24.5 Å². The molecule has 0 unspecified atom stereocenters. The van der Waals surface area contributed by atoms with Crippen LogP contribution in [-0.4, -0.2) is 38.7 Å². The van der Waals surface area contributed by atoms with Gasteiger partial charge in [-0.15, -0.1) is 5.10 Å². The summed E-state index contributed by atoms with van der Waals surface area (Å²) in [5, 5.41) is 8.42. The first-order valence-electron chi connectivity index (χ1n) is 11.7. The molecule has 35 heavy (non-hydrogen) atoms. The molecule has 3 aromatic heterocycles. The van der Waals surface area contributed by atoms with E-state index in [4.69, 9.17) is 4.74 Å². The molecule has 0 bridgehead atoms. The number of aryl methyl sites for hydroxylation is 2. The lowest BCUT2D eigenvalue weighted by molar-refractivity contribution is -0.121. The highest BCUT2D eigenvalue weighted by Crippen LogP contribution is 2.32. The fourth-order valence-electron chi connectivity index (χ4n) is 4.36. The van der Waals surface area contributed by atoms with E-state index in [1.807, 2.05) is 48.5 Å². The minimum absolute atomic E-state index is 0.0155. The van der Waals surface area contributed by atoms with Gasteiger partial charge in [0.2, 0.25) is 5.91 Å². The number of para-hydroxylation sites is 1. The summed E-state index contributed by atoms with van der Waals surface area (Å²) in [5.74, 6) is 0.787. The SMILES string of the molecule is COc1ccc(-c2[nH]c3ccccc3c2CCC(=O)NCCCn2nc3ccccn3c2=O)cc1. The summed E-state index contributed by atoms with van der Waals surface area (Å²) in [5.41, 5.74) is 4.69. The summed E-state index contributed by atoms with van der Waals surface area (Å²) in [6.45, 7) is 0.934. The second kappa shape index (κ2) is 9.89. The fourth-order valence-corrected chi connectivity index (χ4v) is 4.36. The number of hydrogen-bond donors (Lipinski definition) is 2. The smallest absolute Gasteiger partial charge is 0.350 e. The minimum Gasteiger partial charge on any atom is -0.497 e. The van der Waals surface area contributed by atoms with Gasteiger partial charge in [-0.05, 0) is 66.4 Å². The first-order valence-corrected chi connectivity index (χ1v) is 11.7. The Hall–Kier alpha value is -4.33. The van der Waals surface area contributed by atoms with E-state index in [0.717, 1.165) is 33.5 Å². The molecule has 1 amide bonds. The minimum atomic E-state index is -0.169. The summed E-state index contributed by atoms with van der Waals surface area (Å²) in [7, 11) is 1.65. The number of carbonyl (C=O) groups is 1. The van der Waals surface area contributed by atoms with Crippen molar-refractivity contribution < 1.29 is 9.53 Å². The second-order valence-corrected chi connectivity index (χ2v) is 8.39. The van der Waals surface area contributed by atoms with E-state index in [-0.39, 0.29) is 11.6 Å². The number of benzene rings is 2. The average molecular weight is 470 g/mol. The third-order valence-electron chi connectivity index (χ3n) is 6.15. The number of fused-ring (bicyclic) bond motifs is 2. The molecule has 3 heterocycles. The van der Waals surface area contributed by atoms with Crippen LogP contribution >= 0.6 is 0 Å². The van der Waals surface area contributed by atoms with Crippen LogP contribution in [0.5, 0.6) is 5.75 Å². The van der Waals surface area contributed by atoms with Gasteiger partial charge in [0, 0.05) is 42.3 Å². The lowest BCUT2D eigenvalue weighted by Gasteiger charge is -2.08. The standard InChI is InChI=1S/C27H27N5O3/c1-35-20-12-10-19(11-13-20)26-22(21-7-2-3-8-23(21)29-26)14-15-25(33)28-16-6-18-32-27(34)31-17-5-4-9-24(31)30-32/h2-5,7-13,17,29H,6,14-16,18H2,1H3,(H,28,33). The van der Waals surface area contributed by atoms with Crippen LogP contribution in [0.2, 0.25) is 0 Å². The van der Waals surface area contributed by atoms with Crippen molar-refractivity contribution in [3.8, 4) is 17.0 Å². The predicted octanol–water partition coefficient (Wildman–Crippen LogP) is 3.79. The van der Waals surface area contributed by atoms with Gasteiger partial charge in [-0.2, -0.15) is 0 Å². The summed E-state index contributed by atoms with van der Waals surface area (Å²) in [4.78, 5) is 28.5. The van der Waals surface area contributed by atoms with Crippen LogP contribution in [0.3, 0.4) is 0 Å². The van der Waals surface area contributed by atoms with Crippen molar-refractivity contribution in [1.29, 1.82) is 0 Å². The van der Waals surface area contributed by atoms with Crippen molar-refractivity contribution in [2.24, 2.45) is 0 Å². The molecule has 0 radical (unpaired) electrons. The Morgan fingerprint density at radius 3 is 2.66 bits per heavy atom. The summed E-state index contributed by atoms with van der Waals surface area (Å²) < 4.78 is 8.24. The third-order valence-corrected chi connectivity index (χ3v) is 6.15. The number of rotatable bonds is 9. The highest BCUT2D eigenvalue weighted by Gasteiger charge is 2.15. The van der Waals surface area contributed by atoms with Crippen LogP contribution in [0.15, 0.2) is 77.7 Å². The Labute approximate surface area is 202 Å². The zero-order valence-corrected chi connectivity index (χ0v) is 19.5. The zero-order chi connectivity index (χ0) is 24.2. The van der Waals surface area contributed by atoms with Gasteiger partial charge < -0.3 is 15.0 Å². The molecule has 0 saturated carbocycles. The molecule has 0 aliphatic carbocycles. The molecular weight excluding hydrogens is 442 g/mol. The van der Waals surface area contributed by atoms with E-state index < -0.39 is 0 Å². The number of pyridine rings is 1. The maximum absolute atomic E-state index is 12.6. The van der Waals surface area contributed by atoms with Crippen LogP contribution in [0, 0.1) is 0 Å². The van der Waals surface area contributed by atoms with Crippen molar-refractivity contribution in [3.05, 3.63) is 89.0 Å². The molecule has 178 valence electrons. The maximum Gasteiger partial charge on any atom is 0.350 e. The van der Waals surface area contributed by atoms with Gasteiger partial charge in [-0.1, -0.05) is 24.3 Å². The van der Waals surface area contributed by atoms with Crippen LogP contribution in [-0.2, 0) is 17.8 Å². The number of carbonyl (C=O) groups excluding carboxylic acids is 1. The van der Waals surface area contributed by atoms with E-state index in [0.29, 0.717) is 38.0 Å². The molecule has 2 N–H and O–H groups in total. The Kier molecular flexibility index (Phi) is 6.34. The van der Waals surface area contributed by atoms with Gasteiger partial charge in [0.1, 0.15) is 5.75 Å². The molecular formula is C27H27N5O3. The normalized spacial score (nSPS) is 11.2. The van der Waals surface area contributed by atoms with Crippen molar-refractivity contribution in [2.75, 3.05) is 13.7 Å². The van der Waals surface area contributed by atoms with E-state index >= 15 is 0 Å². The zero-order valence-electron chi connectivity index (χ0n) is 19.5. The number of aromatic nitrogens is 4. The van der Waals surface area contributed by atoms with Crippen molar-refractivity contribution in [2.45, 2.75) is 25.8 Å². The first-order chi connectivity index (χ1) is 17.1. The van der Waals surface area contributed by atoms with Gasteiger partial charge in [-0.25, -0.2) is 9.48 Å². The molecule has 2 aromatic carbocycles. The Bertz CT molecular complexity index is 1530. The number of amides is 1. The fraction of sp³-hybridized carbons (Fsp3) is 0.222. The molecule has 0 aliphatic rings. The number of aromatic amines is 1. The molecule has 0 spiro atoms. The molecule has 0 saturated heterocycles. The van der Waals surface area contributed by atoms with Crippen LogP contribution in [0.4, 0.5) is 0 Å². The Balaban J connectivity index is 1.21. The quantitative estimate of drug-likeness (QED) is 0.321. The molecule has 0 atom stereocenters. The van der Waals surface area contributed by atoms with E-state index in [9.17, 15) is 9.59 Å². The van der Waals surface area contributed by atoms with Gasteiger partial charge in [-0.3, -0.25) is 9.20 Å². The van der Waals surface area contributed by atoms with Crippen molar-refractivity contribution in [3.63, 3.8) is 0 Å². The summed E-state index contributed by atoms with van der Waals surface area (Å²) >= 11 is 0. The topological polar surface area (TPSA) is 93.4 Å². The monoisotopic (exact) mass is 469 g/mol. The molecule has 8 nitrogen and oxygen atoms in total. The van der Waals surface area contributed by atoms with Crippen LogP contribution < -0.4 is 15.7 Å². The maximum atomic E-state index is 12.6. The molecule has 5 rings (SSSR count). The van der Waals surface area contributed by atoms with E-state index in [2.05, 4.69) is 21.5 Å². The average Bonchev–Trinajstić information content (AvgIpc) is 3.43. The Morgan fingerprint density at radius 1 is 1.06 bits per heavy atom. The molecule has 8 heteroatoms. The lowest BCUT2D eigenvalue weighted by atomic mass is 10.0. The highest BCUT2D eigenvalue weighted by atomic mass is 16.5.